The minimum atomic E-state index is -0.686. The predicted molar refractivity (Wildman–Crippen MR) is 123 cm³/mol. The molecule has 0 radical (unpaired) electrons. The molecule has 9 heteroatoms. The van der Waals surface area contributed by atoms with Gasteiger partial charge in [-0.05, 0) is 54.5 Å². The molecule has 1 heterocycles. The summed E-state index contributed by atoms with van der Waals surface area (Å²) in [5.74, 6) is 0.202. The van der Waals surface area contributed by atoms with Crippen LogP contribution in [-0.4, -0.2) is 32.2 Å². The summed E-state index contributed by atoms with van der Waals surface area (Å²) in [6.45, 7) is 1.60. The maximum absolute atomic E-state index is 12.3. The quantitative estimate of drug-likeness (QED) is 0.464. The first-order valence-electron chi connectivity index (χ1n) is 10.3. The molecule has 1 N–H and O–H groups in total. The number of carbonyl (C=O) groups is 2. The maximum atomic E-state index is 12.3. The van der Waals surface area contributed by atoms with Gasteiger partial charge in [0.2, 0.25) is 0 Å². The van der Waals surface area contributed by atoms with E-state index in [4.69, 9.17) is 19.5 Å². The maximum Gasteiger partial charge on any atom is 0.331 e. The van der Waals surface area contributed by atoms with Crippen LogP contribution in [0.4, 0.5) is 5.00 Å². The number of fused-ring (bicyclic) bond motifs is 1. The molecule has 0 spiro atoms. The van der Waals surface area contributed by atoms with Crippen molar-refractivity contribution in [3.63, 3.8) is 0 Å². The second-order valence-electron chi connectivity index (χ2n) is 7.51. The van der Waals surface area contributed by atoms with Crippen LogP contribution in [0.5, 0.6) is 11.5 Å². The number of nitrogens with zero attached hydrogens (tertiary/aromatic N) is 2. The Kier molecular flexibility index (Phi) is 8.06. The number of nitrogens with one attached hydrogen (secondary N) is 1. The number of nitriles is 2. The summed E-state index contributed by atoms with van der Waals surface area (Å²) < 4.78 is 15.5. The summed E-state index contributed by atoms with van der Waals surface area (Å²) in [5, 5.41) is 21.3. The number of amides is 1. The number of benzene rings is 1. The topological polar surface area (TPSA) is 121 Å². The highest BCUT2D eigenvalue weighted by Crippen LogP contribution is 2.39. The highest BCUT2D eigenvalue weighted by atomic mass is 32.1. The van der Waals surface area contributed by atoms with Gasteiger partial charge in [0.15, 0.2) is 24.7 Å². The molecule has 1 aromatic heterocycles. The van der Waals surface area contributed by atoms with E-state index in [1.807, 2.05) is 6.07 Å². The van der Waals surface area contributed by atoms with Gasteiger partial charge in [0, 0.05) is 11.0 Å². The molecule has 1 unspecified atom stereocenters. The van der Waals surface area contributed by atoms with Crippen molar-refractivity contribution in [3.8, 4) is 23.6 Å². The fourth-order valence-corrected chi connectivity index (χ4v) is 4.86. The van der Waals surface area contributed by atoms with Crippen molar-refractivity contribution in [1.82, 2.24) is 0 Å². The zero-order valence-corrected chi connectivity index (χ0v) is 19.2. The molecule has 0 aliphatic heterocycles. The van der Waals surface area contributed by atoms with Crippen molar-refractivity contribution < 1.29 is 23.8 Å². The lowest BCUT2D eigenvalue weighted by Gasteiger charge is -2.17. The fraction of sp³-hybridized carbons (Fsp3) is 0.333. The summed E-state index contributed by atoms with van der Waals surface area (Å²) in [7, 11) is 1.47. The molecule has 170 valence electrons. The third-order valence-corrected chi connectivity index (χ3v) is 6.28. The Bertz CT molecular complexity index is 1160. The number of methoxy groups -OCH3 is 1. The lowest BCUT2D eigenvalue weighted by Crippen LogP contribution is -2.20. The van der Waals surface area contributed by atoms with Gasteiger partial charge in [0.25, 0.3) is 5.91 Å². The van der Waals surface area contributed by atoms with E-state index < -0.39 is 18.5 Å². The number of rotatable bonds is 8. The number of carbonyl (C=O) groups excluding carboxylic acids is 2. The van der Waals surface area contributed by atoms with E-state index >= 15 is 0 Å². The highest BCUT2D eigenvalue weighted by molar-refractivity contribution is 7.16. The molecule has 33 heavy (non-hydrogen) atoms. The molecular weight excluding hydrogens is 442 g/mol. The van der Waals surface area contributed by atoms with Crippen molar-refractivity contribution in [2.45, 2.75) is 26.2 Å². The molecule has 1 aliphatic carbocycles. The van der Waals surface area contributed by atoms with Gasteiger partial charge < -0.3 is 19.5 Å². The van der Waals surface area contributed by atoms with Gasteiger partial charge in [-0.25, -0.2) is 4.79 Å². The Labute approximate surface area is 196 Å². The van der Waals surface area contributed by atoms with E-state index in [1.54, 1.807) is 18.2 Å². The van der Waals surface area contributed by atoms with Gasteiger partial charge in [-0.15, -0.1) is 11.3 Å². The smallest absolute Gasteiger partial charge is 0.331 e. The first kappa shape index (κ1) is 23.8. The Hall–Kier alpha value is -3.82. The van der Waals surface area contributed by atoms with Crippen molar-refractivity contribution in [3.05, 3.63) is 45.8 Å². The van der Waals surface area contributed by atoms with Crippen LogP contribution in [0, 0.1) is 28.6 Å². The van der Waals surface area contributed by atoms with E-state index in [2.05, 4.69) is 18.3 Å². The minimum absolute atomic E-state index is 0.108. The van der Waals surface area contributed by atoms with Crippen LogP contribution in [0.25, 0.3) is 6.08 Å². The highest BCUT2D eigenvalue weighted by Gasteiger charge is 2.24. The first-order valence-corrected chi connectivity index (χ1v) is 11.1. The van der Waals surface area contributed by atoms with Crippen molar-refractivity contribution in [1.29, 1.82) is 10.5 Å². The largest absolute Gasteiger partial charge is 0.493 e. The van der Waals surface area contributed by atoms with Gasteiger partial charge in [-0.1, -0.05) is 13.0 Å². The average molecular weight is 466 g/mol. The minimum Gasteiger partial charge on any atom is -0.493 e. The molecule has 1 aromatic carbocycles. The molecule has 0 fully saturated rings. The molecule has 1 amide bonds. The lowest BCUT2D eigenvalue weighted by atomic mass is 9.89. The predicted octanol–water partition coefficient (Wildman–Crippen LogP) is 3.85. The monoisotopic (exact) mass is 465 g/mol. The van der Waals surface area contributed by atoms with Crippen LogP contribution in [0.1, 0.15) is 34.9 Å². The van der Waals surface area contributed by atoms with Gasteiger partial charge in [0.05, 0.1) is 12.7 Å². The third kappa shape index (κ3) is 6.12. The number of anilines is 1. The van der Waals surface area contributed by atoms with Crippen molar-refractivity contribution in [2.75, 3.05) is 25.6 Å². The van der Waals surface area contributed by atoms with Crippen LogP contribution < -0.4 is 14.8 Å². The van der Waals surface area contributed by atoms with E-state index in [0.717, 1.165) is 29.7 Å². The Morgan fingerprint density at radius 3 is 2.85 bits per heavy atom. The molecule has 2 aromatic rings. The van der Waals surface area contributed by atoms with Crippen LogP contribution in [0.2, 0.25) is 0 Å². The van der Waals surface area contributed by atoms with Crippen molar-refractivity contribution >= 4 is 34.3 Å². The zero-order valence-electron chi connectivity index (χ0n) is 18.3. The Balaban J connectivity index is 1.55. The molecule has 1 atom stereocenters. The summed E-state index contributed by atoms with van der Waals surface area (Å²) in [4.78, 5) is 25.4. The molecule has 8 nitrogen and oxygen atoms in total. The standard InChI is InChI=1S/C24H23N3O5S/c1-15-3-6-17-18(13-26)24(33-21(17)11-15)27-22(28)14-32-23(29)8-5-16-4-7-19(31-10-9-25)20(12-16)30-2/h4-5,7-8,12,15H,3,6,10-11,14H2,1-2H3,(H,27,28)/b8-5+. The van der Waals surface area contributed by atoms with E-state index in [0.29, 0.717) is 33.5 Å². The van der Waals surface area contributed by atoms with E-state index in [-0.39, 0.29) is 6.61 Å². The molecule has 3 rings (SSSR count). The van der Waals surface area contributed by atoms with Gasteiger partial charge in [-0.3, -0.25) is 4.79 Å². The second-order valence-corrected chi connectivity index (χ2v) is 8.62. The van der Waals surface area contributed by atoms with Gasteiger partial charge in [0.1, 0.15) is 17.1 Å². The SMILES string of the molecule is COc1cc(/C=C/C(=O)OCC(=O)Nc2sc3c(c2C#N)CCC(C)C3)ccc1OCC#N. The Morgan fingerprint density at radius 2 is 2.12 bits per heavy atom. The number of hydrogen-bond acceptors (Lipinski definition) is 8. The van der Waals surface area contributed by atoms with Gasteiger partial charge in [-0.2, -0.15) is 10.5 Å². The van der Waals surface area contributed by atoms with Crippen LogP contribution in [-0.2, 0) is 27.2 Å². The molecule has 0 bridgehead atoms. The van der Waals surface area contributed by atoms with E-state index in [9.17, 15) is 14.9 Å². The fourth-order valence-electron chi connectivity index (χ4n) is 3.49. The summed E-state index contributed by atoms with van der Waals surface area (Å²) in [5.41, 5.74) is 2.18. The zero-order chi connectivity index (χ0) is 23.8. The number of ether oxygens (including phenoxy) is 3. The molecule has 0 saturated carbocycles. The Morgan fingerprint density at radius 1 is 1.30 bits per heavy atom. The molecule has 1 aliphatic rings. The summed E-state index contributed by atoms with van der Waals surface area (Å²) >= 11 is 1.42. The normalized spacial score (nSPS) is 14.6. The number of esters is 1. The summed E-state index contributed by atoms with van der Waals surface area (Å²) in [6.07, 6.45) is 5.47. The summed E-state index contributed by atoms with van der Waals surface area (Å²) in [6, 6.07) is 9.04. The second kappa shape index (κ2) is 11.2. The van der Waals surface area contributed by atoms with E-state index in [1.165, 1.54) is 30.6 Å². The number of thiophene rings is 1. The third-order valence-electron chi connectivity index (χ3n) is 5.11. The molecule has 0 saturated heterocycles. The molecular formula is C24H23N3O5S. The van der Waals surface area contributed by atoms with Gasteiger partial charge >= 0.3 is 5.97 Å². The number of hydrogen-bond donors (Lipinski definition) is 1. The van der Waals surface area contributed by atoms with Crippen molar-refractivity contribution in [2.24, 2.45) is 5.92 Å². The van der Waals surface area contributed by atoms with Crippen LogP contribution in [0.3, 0.4) is 0 Å². The lowest BCUT2D eigenvalue weighted by molar-refractivity contribution is -0.142. The average Bonchev–Trinajstić information content (AvgIpc) is 3.15. The first-order chi connectivity index (χ1) is 15.9. The van der Waals surface area contributed by atoms with Crippen LogP contribution in [0.15, 0.2) is 24.3 Å². The van der Waals surface area contributed by atoms with Crippen LogP contribution >= 0.6 is 11.3 Å².